The molecule has 0 aromatic heterocycles. The number of aromatic hydroxyl groups is 1. The molecule has 6 heteroatoms. The van der Waals surface area contributed by atoms with Crippen molar-refractivity contribution < 1.29 is 9.90 Å². The minimum absolute atomic E-state index is 0.136. The fraction of sp³-hybridized carbons (Fsp3) is 0.154. The van der Waals surface area contributed by atoms with E-state index in [1.54, 1.807) is 29.2 Å². The maximum atomic E-state index is 13.6. The quantitative estimate of drug-likeness (QED) is 0.382. The average Bonchev–Trinajstić information content (AvgIpc) is 3.04. The first-order valence-electron chi connectivity index (χ1n) is 10.2. The van der Waals surface area contributed by atoms with Gasteiger partial charge in [0.25, 0.3) is 5.91 Å². The minimum atomic E-state index is -0.136. The van der Waals surface area contributed by atoms with Gasteiger partial charge in [-0.3, -0.25) is 9.69 Å². The van der Waals surface area contributed by atoms with Crippen LogP contribution in [0, 0.1) is 27.7 Å². The number of phenols is 1. The third-order valence-corrected chi connectivity index (χ3v) is 6.95. The summed E-state index contributed by atoms with van der Waals surface area (Å²) in [5, 5.41) is 10.5. The molecule has 162 valence electrons. The third kappa shape index (κ3) is 4.52. The summed E-state index contributed by atoms with van der Waals surface area (Å²) >= 11 is 4.85. The van der Waals surface area contributed by atoms with Crippen molar-refractivity contribution in [1.29, 1.82) is 0 Å². The van der Waals surface area contributed by atoms with Crippen molar-refractivity contribution in [3.63, 3.8) is 0 Å². The molecule has 0 bridgehead atoms. The molecular formula is C26H23BrN2O2S. The standard InChI is InChI=1S/C26H23BrN2O2S/c1-15-5-7-17(3)22(11-15)28-26-29(23-12-16(2)6-8-18(23)4)25(31)24(32-26)14-19-13-20(30)9-10-21(19)27/h5-14,30H,1-4H3/b24-14-,28-26?. The predicted molar refractivity (Wildman–Crippen MR) is 138 cm³/mol. The van der Waals surface area contributed by atoms with Gasteiger partial charge in [-0.05, 0) is 104 Å². The van der Waals surface area contributed by atoms with Crippen LogP contribution in [-0.4, -0.2) is 16.2 Å². The van der Waals surface area contributed by atoms with E-state index in [-0.39, 0.29) is 11.7 Å². The topological polar surface area (TPSA) is 52.9 Å². The van der Waals surface area contributed by atoms with Gasteiger partial charge in [0.15, 0.2) is 5.17 Å². The van der Waals surface area contributed by atoms with E-state index in [2.05, 4.69) is 22.0 Å². The Morgan fingerprint density at radius 2 is 1.62 bits per heavy atom. The Morgan fingerprint density at radius 1 is 0.938 bits per heavy atom. The number of anilines is 1. The van der Waals surface area contributed by atoms with Gasteiger partial charge in [0.1, 0.15) is 5.75 Å². The van der Waals surface area contributed by atoms with E-state index in [4.69, 9.17) is 4.99 Å². The molecule has 32 heavy (non-hydrogen) atoms. The summed E-state index contributed by atoms with van der Waals surface area (Å²) in [5.74, 6) is 0.00848. The van der Waals surface area contributed by atoms with E-state index >= 15 is 0 Å². The Bertz CT molecular complexity index is 1300. The first-order valence-corrected chi connectivity index (χ1v) is 11.8. The third-order valence-electron chi connectivity index (χ3n) is 5.26. The van der Waals surface area contributed by atoms with Crippen LogP contribution in [0.1, 0.15) is 27.8 Å². The number of amides is 1. The largest absolute Gasteiger partial charge is 0.508 e. The Morgan fingerprint density at radius 3 is 2.38 bits per heavy atom. The van der Waals surface area contributed by atoms with Crippen molar-refractivity contribution in [1.82, 2.24) is 0 Å². The number of aliphatic imine (C=N–C) groups is 1. The number of rotatable bonds is 3. The Hall–Kier alpha value is -2.83. The van der Waals surface area contributed by atoms with Crippen molar-refractivity contribution in [3.05, 3.63) is 91.8 Å². The second-order valence-corrected chi connectivity index (χ2v) is 9.79. The number of carbonyl (C=O) groups excluding carboxylic acids is 1. The highest BCUT2D eigenvalue weighted by Crippen LogP contribution is 2.40. The molecule has 1 N–H and O–H groups in total. The number of hydrogen-bond donors (Lipinski definition) is 1. The van der Waals surface area contributed by atoms with Gasteiger partial charge in [0, 0.05) is 4.47 Å². The molecular weight excluding hydrogens is 484 g/mol. The highest BCUT2D eigenvalue weighted by atomic mass is 79.9. The summed E-state index contributed by atoms with van der Waals surface area (Å²) in [6, 6.07) is 17.2. The molecule has 0 unspecified atom stereocenters. The second-order valence-electron chi connectivity index (χ2n) is 7.93. The van der Waals surface area contributed by atoms with Crippen molar-refractivity contribution in [2.75, 3.05) is 4.90 Å². The molecule has 0 aliphatic carbocycles. The normalized spacial score (nSPS) is 16.4. The van der Waals surface area contributed by atoms with Crippen molar-refractivity contribution in [2.45, 2.75) is 27.7 Å². The number of carbonyl (C=O) groups is 1. The molecule has 0 spiro atoms. The summed E-state index contributed by atoms with van der Waals surface area (Å²) < 4.78 is 0.800. The molecule has 1 heterocycles. The fourth-order valence-electron chi connectivity index (χ4n) is 3.45. The van der Waals surface area contributed by atoms with Gasteiger partial charge in [0.05, 0.1) is 16.3 Å². The van der Waals surface area contributed by atoms with Gasteiger partial charge < -0.3 is 5.11 Å². The SMILES string of the molecule is Cc1ccc(C)c(N=C2S/C(=C\c3cc(O)ccc3Br)C(=O)N2c2cc(C)ccc2C)c1. The van der Waals surface area contributed by atoms with Crippen molar-refractivity contribution in [3.8, 4) is 5.75 Å². The van der Waals surface area contributed by atoms with Gasteiger partial charge >= 0.3 is 0 Å². The van der Waals surface area contributed by atoms with Crippen LogP contribution in [0.4, 0.5) is 11.4 Å². The number of amidine groups is 1. The van der Waals surface area contributed by atoms with Gasteiger partial charge in [0.2, 0.25) is 0 Å². The molecule has 1 fully saturated rings. The average molecular weight is 507 g/mol. The maximum Gasteiger partial charge on any atom is 0.271 e. The van der Waals surface area contributed by atoms with Gasteiger partial charge in [-0.1, -0.05) is 40.2 Å². The Kier molecular flexibility index (Phi) is 6.26. The van der Waals surface area contributed by atoms with E-state index in [0.29, 0.717) is 10.1 Å². The molecule has 3 aromatic carbocycles. The predicted octanol–water partition coefficient (Wildman–Crippen LogP) is 7.20. The van der Waals surface area contributed by atoms with E-state index in [1.165, 1.54) is 11.8 Å². The number of thioether (sulfide) groups is 1. The van der Waals surface area contributed by atoms with Crippen molar-refractivity contribution in [2.24, 2.45) is 4.99 Å². The Balaban J connectivity index is 1.88. The molecule has 1 saturated heterocycles. The molecule has 4 rings (SSSR count). The zero-order valence-corrected chi connectivity index (χ0v) is 20.7. The lowest BCUT2D eigenvalue weighted by Gasteiger charge is -2.19. The lowest BCUT2D eigenvalue weighted by molar-refractivity contribution is -0.113. The van der Waals surface area contributed by atoms with E-state index in [0.717, 1.165) is 43.7 Å². The molecule has 3 aromatic rings. The summed E-state index contributed by atoms with van der Waals surface area (Å²) in [7, 11) is 0. The second kappa shape index (κ2) is 8.96. The number of phenolic OH excluding ortho intramolecular Hbond substituents is 1. The van der Waals surface area contributed by atoms with Crippen LogP contribution in [0.25, 0.3) is 6.08 Å². The van der Waals surface area contributed by atoms with E-state index < -0.39 is 0 Å². The number of benzene rings is 3. The summed E-state index contributed by atoms with van der Waals surface area (Å²) in [6.07, 6.45) is 1.79. The maximum absolute atomic E-state index is 13.6. The monoisotopic (exact) mass is 506 g/mol. The smallest absolute Gasteiger partial charge is 0.271 e. The number of aryl methyl sites for hydroxylation is 4. The molecule has 0 radical (unpaired) electrons. The zero-order chi connectivity index (χ0) is 23.0. The highest BCUT2D eigenvalue weighted by Gasteiger charge is 2.35. The number of halogens is 1. The molecule has 1 aliphatic rings. The first-order chi connectivity index (χ1) is 15.2. The first kappa shape index (κ1) is 22.4. The highest BCUT2D eigenvalue weighted by molar-refractivity contribution is 9.10. The summed E-state index contributed by atoms with van der Waals surface area (Å²) in [4.78, 5) is 20.7. The summed E-state index contributed by atoms with van der Waals surface area (Å²) in [5.41, 5.74) is 6.63. The number of hydrogen-bond acceptors (Lipinski definition) is 4. The molecule has 0 saturated carbocycles. The van der Waals surface area contributed by atoms with Crippen LogP contribution in [0.2, 0.25) is 0 Å². The van der Waals surface area contributed by atoms with Crippen LogP contribution < -0.4 is 4.90 Å². The van der Waals surface area contributed by atoms with Crippen LogP contribution in [-0.2, 0) is 4.79 Å². The summed E-state index contributed by atoms with van der Waals surface area (Å²) in [6.45, 7) is 8.06. The number of nitrogens with zero attached hydrogens (tertiary/aromatic N) is 2. The lowest BCUT2D eigenvalue weighted by Crippen LogP contribution is -2.29. The molecule has 1 aliphatic heterocycles. The van der Waals surface area contributed by atoms with Crippen LogP contribution >= 0.6 is 27.7 Å². The fourth-order valence-corrected chi connectivity index (χ4v) is 4.79. The minimum Gasteiger partial charge on any atom is -0.508 e. The van der Waals surface area contributed by atoms with E-state index in [1.807, 2.05) is 58.0 Å². The molecule has 1 amide bonds. The van der Waals surface area contributed by atoms with Gasteiger partial charge in [-0.15, -0.1) is 0 Å². The van der Waals surface area contributed by atoms with Crippen molar-refractivity contribution >= 4 is 56.2 Å². The zero-order valence-electron chi connectivity index (χ0n) is 18.3. The Labute approximate surface area is 200 Å². The lowest BCUT2D eigenvalue weighted by atomic mass is 10.1. The molecule has 4 nitrogen and oxygen atoms in total. The van der Waals surface area contributed by atoms with Crippen LogP contribution in [0.5, 0.6) is 5.75 Å². The van der Waals surface area contributed by atoms with Crippen LogP contribution in [0.3, 0.4) is 0 Å². The molecule has 0 atom stereocenters. The van der Waals surface area contributed by atoms with Crippen LogP contribution in [0.15, 0.2) is 69.0 Å². The van der Waals surface area contributed by atoms with Gasteiger partial charge in [-0.2, -0.15) is 0 Å². The van der Waals surface area contributed by atoms with E-state index in [9.17, 15) is 9.90 Å². The van der Waals surface area contributed by atoms with Gasteiger partial charge in [-0.25, -0.2) is 4.99 Å².